The maximum absolute atomic E-state index is 12.3. The molecular formula is C21H20N2O4. The van der Waals surface area contributed by atoms with Crippen LogP contribution in [0.15, 0.2) is 71.3 Å². The average Bonchev–Trinajstić information content (AvgIpc) is 3.13. The van der Waals surface area contributed by atoms with E-state index in [2.05, 4.69) is 10.5 Å². The summed E-state index contributed by atoms with van der Waals surface area (Å²) in [5, 5.41) is 6.55. The molecule has 3 aromatic rings. The summed E-state index contributed by atoms with van der Waals surface area (Å²) in [6.07, 6.45) is 0.631. The Morgan fingerprint density at radius 2 is 1.74 bits per heavy atom. The Labute approximate surface area is 157 Å². The Kier molecular flexibility index (Phi) is 5.99. The number of ether oxygens (including phenoxy) is 1. The Morgan fingerprint density at radius 3 is 2.37 bits per heavy atom. The molecule has 0 spiro atoms. The Bertz CT molecular complexity index is 891. The first-order valence-corrected chi connectivity index (χ1v) is 8.60. The number of hydrogen-bond donors (Lipinski definition) is 1. The molecule has 27 heavy (non-hydrogen) atoms. The lowest BCUT2D eigenvalue weighted by Gasteiger charge is -2.19. The van der Waals surface area contributed by atoms with Crippen molar-refractivity contribution in [2.45, 2.75) is 19.4 Å². The molecule has 3 rings (SSSR count). The van der Waals surface area contributed by atoms with E-state index in [1.807, 2.05) is 60.7 Å². The summed E-state index contributed by atoms with van der Waals surface area (Å²) in [6.45, 7) is 1.30. The number of carbonyl (C=O) groups excluding carboxylic acids is 2. The molecular weight excluding hydrogens is 344 g/mol. The van der Waals surface area contributed by atoms with E-state index in [4.69, 9.17) is 9.26 Å². The summed E-state index contributed by atoms with van der Waals surface area (Å²) >= 11 is 0. The first-order valence-electron chi connectivity index (χ1n) is 8.60. The fourth-order valence-electron chi connectivity index (χ4n) is 2.69. The third kappa shape index (κ3) is 5.28. The van der Waals surface area contributed by atoms with Crippen molar-refractivity contribution in [3.05, 3.63) is 89.3 Å². The maximum atomic E-state index is 12.3. The van der Waals surface area contributed by atoms with E-state index in [1.165, 1.54) is 6.07 Å². The highest BCUT2D eigenvalue weighted by Crippen LogP contribution is 2.18. The number of amides is 1. The van der Waals surface area contributed by atoms with Gasteiger partial charge in [0.05, 0.1) is 11.7 Å². The molecule has 1 N–H and O–H groups in total. The van der Waals surface area contributed by atoms with Crippen LogP contribution in [0.5, 0.6) is 0 Å². The summed E-state index contributed by atoms with van der Waals surface area (Å²) in [5.41, 5.74) is 2.64. The molecule has 0 aliphatic heterocycles. The van der Waals surface area contributed by atoms with E-state index in [1.54, 1.807) is 6.92 Å². The van der Waals surface area contributed by atoms with Crippen molar-refractivity contribution < 1.29 is 18.8 Å². The van der Waals surface area contributed by atoms with E-state index in [9.17, 15) is 9.59 Å². The minimum absolute atomic E-state index is 0.0239. The number of rotatable bonds is 7. The summed E-state index contributed by atoms with van der Waals surface area (Å²) in [6, 6.07) is 20.8. The van der Waals surface area contributed by atoms with Crippen molar-refractivity contribution in [1.82, 2.24) is 10.5 Å². The molecule has 1 heterocycles. The molecule has 0 saturated heterocycles. The highest BCUT2D eigenvalue weighted by molar-refractivity contribution is 5.88. The van der Waals surface area contributed by atoms with Crippen molar-refractivity contribution in [2.24, 2.45) is 0 Å². The maximum Gasteiger partial charge on any atom is 0.377 e. The molecule has 1 aromatic heterocycles. The van der Waals surface area contributed by atoms with Gasteiger partial charge in [0.2, 0.25) is 5.76 Å². The minimum atomic E-state index is -0.718. The van der Waals surface area contributed by atoms with Gasteiger partial charge in [0.1, 0.15) is 0 Å². The van der Waals surface area contributed by atoms with E-state index in [0.717, 1.165) is 11.1 Å². The smallest absolute Gasteiger partial charge is 0.377 e. The fraction of sp³-hybridized carbons (Fsp3) is 0.190. The average molecular weight is 364 g/mol. The first-order chi connectivity index (χ1) is 13.1. The van der Waals surface area contributed by atoms with Crippen LogP contribution in [0.3, 0.4) is 0 Å². The molecule has 1 amide bonds. The van der Waals surface area contributed by atoms with Crippen LogP contribution in [0.2, 0.25) is 0 Å². The lowest BCUT2D eigenvalue weighted by atomic mass is 9.99. The van der Waals surface area contributed by atoms with Gasteiger partial charge in [-0.2, -0.15) is 0 Å². The lowest BCUT2D eigenvalue weighted by Crippen LogP contribution is -2.33. The lowest BCUT2D eigenvalue weighted by molar-refractivity contribution is -0.125. The molecule has 0 aliphatic carbocycles. The second-order valence-corrected chi connectivity index (χ2v) is 6.13. The zero-order valence-corrected chi connectivity index (χ0v) is 14.9. The topological polar surface area (TPSA) is 81.4 Å². The van der Waals surface area contributed by atoms with Gasteiger partial charge in [-0.3, -0.25) is 4.79 Å². The van der Waals surface area contributed by atoms with Crippen LogP contribution in [0.25, 0.3) is 0 Å². The first kappa shape index (κ1) is 18.4. The molecule has 1 atom stereocenters. The van der Waals surface area contributed by atoms with Crippen LogP contribution in [0, 0.1) is 6.92 Å². The van der Waals surface area contributed by atoms with Gasteiger partial charge in [-0.1, -0.05) is 65.8 Å². The van der Waals surface area contributed by atoms with Gasteiger partial charge in [0.25, 0.3) is 5.91 Å². The third-order valence-electron chi connectivity index (χ3n) is 3.98. The summed E-state index contributed by atoms with van der Waals surface area (Å²) < 4.78 is 9.84. The SMILES string of the molecule is Cc1cc(C(=O)OCC(=O)N[C@@H](Cc2ccccc2)c2ccccc2)on1. The van der Waals surface area contributed by atoms with E-state index < -0.39 is 12.6 Å². The Hall–Kier alpha value is -3.41. The van der Waals surface area contributed by atoms with Crippen molar-refractivity contribution in [3.8, 4) is 0 Å². The number of aryl methyl sites for hydroxylation is 1. The van der Waals surface area contributed by atoms with Gasteiger partial charge in [0, 0.05) is 6.07 Å². The summed E-state index contributed by atoms with van der Waals surface area (Å²) in [7, 11) is 0. The monoisotopic (exact) mass is 364 g/mol. The van der Waals surface area contributed by atoms with E-state index in [-0.39, 0.29) is 17.7 Å². The predicted octanol–water partition coefficient (Wildman–Crippen LogP) is 3.24. The zero-order valence-electron chi connectivity index (χ0n) is 14.9. The van der Waals surface area contributed by atoms with Crippen LogP contribution < -0.4 is 5.32 Å². The summed E-state index contributed by atoms with van der Waals surface area (Å²) in [4.78, 5) is 24.2. The molecule has 0 fully saturated rings. The molecule has 138 valence electrons. The van der Waals surface area contributed by atoms with Gasteiger partial charge in [-0.15, -0.1) is 0 Å². The Balaban J connectivity index is 1.62. The molecule has 0 radical (unpaired) electrons. The molecule has 6 nitrogen and oxygen atoms in total. The van der Waals surface area contributed by atoms with Crippen LogP contribution in [0.4, 0.5) is 0 Å². The van der Waals surface area contributed by atoms with E-state index >= 15 is 0 Å². The number of esters is 1. The molecule has 0 saturated carbocycles. The van der Waals surface area contributed by atoms with Crippen molar-refractivity contribution in [3.63, 3.8) is 0 Å². The zero-order chi connectivity index (χ0) is 19.1. The van der Waals surface area contributed by atoms with Crippen LogP contribution in [-0.4, -0.2) is 23.6 Å². The van der Waals surface area contributed by atoms with E-state index in [0.29, 0.717) is 12.1 Å². The number of hydrogen-bond acceptors (Lipinski definition) is 5. The number of benzene rings is 2. The second-order valence-electron chi connectivity index (χ2n) is 6.13. The highest BCUT2D eigenvalue weighted by atomic mass is 16.6. The number of nitrogens with one attached hydrogen (secondary N) is 1. The normalized spacial score (nSPS) is 11.6. The van der Waals surface area contributed by atoms with Crippen LogP contribution >= 0.6 is 0 Å². The fourth-order valence-corrected chi connectivity index (χ4v) is 2.69. The van der Waals surface area contributed by atoms with Gasteiger partial charge < -0.3 is 14.6 Å². The van der Waals surface area contributed by atoms with Gasteiger partial charge >= 0.3 is 5.97 Å². The Morgan fingerprint density at radius 1 is 1.07 bits per heavy atom. The standard InChI is InChI=1S/C21H20N2O4/c1-15-12-19(27-23-15)21(25)26-14-20(24)22-18(17-10-6-3-7-11-17)13-16-8-4-2-5-9-16/h2-12,18H,13-14H2,1H3,(H,22,24)/t18-/m0/s1. The van der Waals surface area contributed by atoms with Crippen molar-refractivity contribution in [2.75, 3.05) is 6.61 Å². The number of carbonyl (C=O) groups is 2. The molecule has 0 unspecified atom stereocenters. The largest absolute Gasteiger partial charge is 0.450 e. The minimum Gasteiger partial charge on any atom is -0.450 e. The molecule has 2 aromatic carbocycles. The van der Waals surface area contributed by atoms with Crippen LogP contribution in [0.1, 0.15) is 33.4 Å². The number of aromatic nitrogens is 1. The van der Waals surface area contributed by atoms with Crippen molar-refractivity contribution >= 4 is 11.9 Å². The molecule has 6 heteroatoms. The number of nitrogens with zero attached hydrogens (tertiary/aromatic N) is 1. The molecule has 0 aliphatic rings. The molecule has 0 bridgehead atoms. The van der Waals surface area contributed by atoms with Gasteiger partial charge in [-0.25, -0.2) is 4.79 Å². The van der Waals surface area contributed by atoms with Gasteiger partial charge in [-0.05, 0) is 24.5 Å². The second kappa shape index (κ2) is 8.80. The third-order valence-corrected chi connectivity index (χ3v) is 3.98. The van der Waals surface area contributed by atoms with Gasteiger partial charge in [0.15, 0.2) is 6.61 Å². The quantitative estimate of drug-likeness (QED) is 0.651. The predicted molar refractivity (Wildman–Crippen MR) is 99.0 cm³/mol. The summed E-state index contributed by atoms with van der Waals surface area (Å²) in [5.74, 6) is -1.13. The highest BCUT2D eigenvalue weighted by Gasteiger charge is 2.18. The van der Waals surface area contributed by atoms with Crippen molar-refractivity contribution in [1.29, 1.82) is 0 Å². The van der Waals surface area contributed by atoms with Crippen LogP contribution in [-0.2, 0) is 16.0 Å².